The van der Waals surface area contributed by atoms with E-state index >= 15 is 0 Å². The third-order valence-electron chi connectivity index (χ3n) is 4.68. The fourth-order valence-corrected chi connectivity index (χ4v) is 5.38. The van der Waals surface area contributed by atoms with Gasteiger partial charge in [-0.2, -0.15) is 0 Å². The maximum Gasteiger partial charge on any atom is 0.311 e. The average molecular weight is 518 g/mol. The summed E-state index contributed by atoms with van der Waals surface area (Å²) in [4.78, 5) is 30.6. The number of amides is 1. The van der Waals surface area contributed by atoms with Crippen molar-refractivity contribution in [2.45, 2.75) is 37.3 Å². The Morgan fingerprint density at radius 3 is 2.91 bits per heavy atom. The molecule has 2 heterocycles. The molecule has 0 spiro atoms. The number of rotatable bonds is 9. The number of esters is 1. The zero-order valence-corrected chi connectivity index (χ0v) is 21.0. The van der Waals surface area contributed by atoms with Crippen LogP contribution in [0.2, 0.25) is 10.0 Å². The van der Waals surface area contributed by atoms with Gasteiger partial charge in [0.1, 0.15) is 0 Å². The predicted molar refractivity (Wildman–Crippen MR) is 127 cm³/mol. The summed E-state index contributed by atoms with van der Waals surface area (Å²) in [6, 6.07) is 5.64. The number of halogens is 2. The standard InChI is InChI=1S/C21H25Cl2N3O4S2/c1-3-29-20(28)9-16-13-31-21(24-16)32-26(14(2)27)12-17-11-25(6-7-30-17)10-15-4-5-18(22)19(23)8-15/h4-5,8,13,17H,3,6-7,9-12H2,1-2H3/t17-/m0/s1. The number of thiazole rings is 1. The lowest BCUT2D eigenvalue weighted by Crippen LogP contribution is -2.46. The Labute approximate surface area is 206 Å². The second-order valence-corrected chi connectivity index (χ2v) is 10.2. The van der Waals surface area contributed by atoms with Crippen molar-refractivity contribution >= 4 is 58.4 Å². The quantitative estimate of drug-likeness (QED) is 0.362. The van der Waals surface area contributed by atoms with E-state index < -0.39 is 0 Å². The van der Waals surface area contributed by atoms with E-state index in [1.54, 1.807) is 17.3 Å². The lowest BCUT2D eigenvalue weighted by molar-refractivity contribution is -0.142. The van der Waals surface area contributed by atoms with Crippen LogP contribution in [0.3, 0.4) is 0 Å². The number of hydrogen-bond acceptors (Lipinski definition) is 8. The molecule has 0 radical (unpaired) electrons. The zero-order valence-electron chi connectivity index (χ0n) is 17.9. The van der Waals surface area contributed by atoms with Crippen LogP contribution in [-0.4, -0.2) is 65.0 Å². The van der Waals surface area contributed by atoms with Gasteiger partial charge in [-0.05, 0) is 24.6 Å². The molecule has 32 heavy (non-hydrogen) atoms. The Kier molecular flexibility index (Phi) is 9.63. The first-order valence-corrected chi connectivity index (χ1v) is 12.6. The van der Waals surface area contributed by atoms with Gasteiger partial charge in [-0.3, -0.25) is 18.8 Å². The Hall–Kier alpha value is -1.36. The maximum atomic E-state index is 12.2. The monoisotopic (exact) mass is 517 g/mol. The Balaban J connectivity index is 1.56. The third kappa shape index (κ3) is 7.60. The van der Waals surface area contributed by atoms with Gasteiger partial charge in [-0.1, -0.05) is 29.3 Å². The highest BCUT2D eigenvalue weighted by atomic mass is 35.5. The number of carbonyl (C=O) groups is 2. The normalized spacial score (nSPS) is 16.7. The number of carbonyl (C=O) groups excluding carboxylic acids is 2. The average Bonchev–Trinajstić information content (AvgIpc) is 3.17. The minimum Gasteiger partial charge on any atom is -0.466 e. The molecule has 1 atom stereocenters. The first-order valence-electron chi connectivity index (χ1n) is 10.2. The van der Waals surface area contributed by atoms with E-state index in [0.717, 1.165) is 18.7 Å². The van der Waals surface area contributed by atoms with Gasteiger partial charge in [-0.25, -0.2) is 4.98 Å². The van der Waals surface area contributed by atoms with Crippen LogP contribution in [0.5, 0.6) is 0 Å². The maximum absolute atomic E-state index is 12.2. The molecule has 1 amide bonds. The molecule has 0 saturated carbocycles. The number of ether oxygens (including phenoxy) is 2. The van der Waals surface area contributed by atoms with Crippen LogP contribution in [0.25, 0.3) is 0 Å². The topological polar surface area (TPSA) is 72.0 Å². The lowest BCUT2D eigenvalue weighted by Gasteiger charge is -2.35. The summed E-state index contributed by atoms with van der Waals surface area (Å²) in [6.45, 7) is 6.87. The molecule has 0 N–H and O–H groups in total. The van der Waals surface area contributed by atoms with Gasteiger partial charge in [0, 0.05) is 43.9 Å². The molecule has 174 valence electrons. The molecule has 1 aromatic carbocycles. The summed E-state index contributed by atoms with van der Waals surface area (Å²) >= 11 is 14.8. The van der Waals surface area contributed by atoms with Gasteiger partial charge in [0.05, 0.1) is 48.0 Å². The van der Waals surface area contributed by atoms with Crippen LogP contribution in [0, 0.1) is 0 Å². The molecule has 0 aliphatic carbocycles. The van der Waals surface area contributed by atoms with Gasteiger partial charge in [0.2, 0.25) is 5.91 Å². The van der Waals surface area contributed by atoms with E-state index in [0.29, 0.717) is 46.4 Å². The Morgan fingerprint density at radius 1 is 1.38 bits per heavy atom. The second-order valence-electron chi connectivity index (χ2n) is 7.23. The van der Waals surface area contributed by atoms with Crippen molar-refractivity contribution in [1.29, 1.82) is 0 Å². The van der Waals surface area contributed by atoms with E-state index in [4.69, 9.17) is 32.7 Å². The summed E-state index contributed by atoms with van der Waals surface area (Å²) in [6.07, 6.45) is 0.00213. The van der Waals surface area contributed by atoms with E-state index in [9.17, 15) is 9.59 Å². The highest BCUT2D eigenvalue weighted by Crippen LogP contribution is 2.28. The fraction of sp³-hybridized carbons (Fsp3) is 0.476. The number of aromatic nitrogens is 1. The molecule has 3 rings (SSSR count). The number of morpholine rings is 1. The van der Waals surface area contributed by atoms with Crippen LogP contribution >= 0.6 is 46.5 Å². The highest BCUT2D eigenvalue weighted by Gasteiger charge is 2.25. The summed E-state index contributed by atoms with van der Waals surface area (Å²) < 4.78 is 13.2. The van der Waals surface area contributed by atoms with Gasteiger partial charge >= 0.3 is 5.97 Å². The van der Waals surface area contributed by atoms with Gasteiger partial charge < -0.3 is 9.47 Å². The fourth-order valence-electron chi connectivity index (χ4n) is 3.21. The summed E-state index contributed by atoms with van der Waals surface area (Å²) in [5, 5.41) is 2.89. The molecule has 1 fully saturated rings. The van der Waals surface area contributed by atoms with E-state index in [1.165, 1.54) is 30.2 Å². The second kappa shape index (κ2) is 12.2. The summed E-state index contributed by atoms with van der Waals surface area (Å²) in [5.74, 6) is -0.391. The molecule has 1 aromatic heterocycles. The van der Waals surface area contributed by atoms with Crippen molar-refractivity contribution in [2.24, 2.45) is 0 Å². The van der Waals surface area contributed by atoms with Crippen LogP contribution in [-0.2, 0) is 32.0 Å². The van der Waals surface area contributed by atoms with Crippen molar-refractivity contribution in [3.05, 3.63) is 44.9 Å². The minimum absolute atomic E-state index is 0.0812. The predicted octanol–water partition coefficient (Wildman–Crippen LogP) is 4.31. The molecule has 11 heteroatoms. The molecule has 0 bridgehead atoms. The van der Waals surface area contributed by atoms with Gasteiger partial charge in [-0.15, -0.1) is 11.3 Å². The van der Waals surface area contributed by atoms with Crippen LogP contribution < -0.4 is 0 Å². The van der Waals surface area contributed by atoms with Crippen molar-refractivity contribution in [3.8, 4) is 0 Å². The van der Waals surface area contributed by atoms with Crippen LogP contribution in [0.1, 0.15) is 25.1 Å². The van der Waals surface area contributed by atoms with Crippen molar-refractivity contribution in [2.75, 3.05) is 32.8 Å². The first-order chi connectivity index (χ1) is 15.3. The molecule has 1 aliphatic heterocycles. The smallest absolute Gasteiger partial charge is 0.311 e. The van der Waals surface area contributed by atoms with Gasteiger partial charge in [0.15, 0.2) is 4.34 Å². The minimum atomic E-state index is -0.310. The summed E-state index contributed by atoms with van der Waals surface area (Å²) in [5.41, 5.74) is 1.72. The van der Waals surface area contributed by atoms with E-state index in [1.807, 2.05) is 17.5 Å². The van der Waals surface area contributed by atoms with Crippen LogP contribution in [0.15, 0.2) is 27.9 Å². The SMILES string of the molecule is CCOC(=O)Cc1csc(SN(C[C@@H]2CN(Cc3ccc(Cl)c(Cl)c3)CCO2)C(C)=O)n1. The molecular weight excluding hydrogens is 493 g/mol. The zero-order chi connectivity index (χ0) is 23.1. The lowest BCUT2D eigenvalue weighted by atomic mass is 10.2. The first kappa shape index (κ1) is 25.3. The molecule has 2 aromatic rings. The van der Waals surface area contributed by atoms with E-state index in [2.05, 4.69) is 9.88 Å². The Morgan fingerprint density at radius 2 is 2.19 bits per heavy atom. The molecule has 7 nitrogen and oxygen atoms in total. The molecular formula is C21H25Cl2N3O4S2. The van der Waals surface area contributed by atoms with Crippen molar-refractivity contribution in [1.82, 2.24) is 14.2 Å². The van der Waals surface area contributed by atoms with Crippen LogP contribution in [0.4, 0.5) is 0 Å². The van der Waals surface area contributed by atoms with Crippen molar-refractivity contribution < 1.29 is 19.1 Å². The van der Waals surface area contributed by atoms with Crippen molar-refractivity contribution in [3.63, 3.8) is 0 Å². The molecule has 0 unspecified atom stereocenters. The van der Waals surface area contributed by atoms with Gasteiger partial charge in [0.25, 0.3) is 0 Å². The number of nitrogens with zero attached hydrogens (tertiary/aromatic N) is 3. The Bertz CT molecular complexity index is 944. The highest BCUT2D eigenvalue weighted by molar-refractivity contribution is 7.99. The number of hydrogen-bond donors (Lipinski definition) is 0. The molecule has 1 saturated heterocycles. The largest absolute Gasteiger partial charge is 0.466 e. The molecule has 1 aliphatic rings. The number of benzene rings is 1. The summed E-state index contributed by atoms with van der Waals surface area (Å²) in [7, 11) is 0. The van der Waals surface area contributed by atoms with E-state index in [-0.39, 0.29) is 24.4 Å². The third-order valence-corrected chi connectivity index (χ3v) is 7.49.